The van der Waals surface area contributed by atoms with Crippen molar-refractivity contribution in [3.05, 3.63) is 29.3 Å². The highest BCUT2D eigenvalue weighted by atomic mass is 16.6. The Kier molecular flexibility index (Phi) is 4.13. The Morgan fingerprint density at radius 3 is 2.61 bits per heavy atom. The molecule has 1 heterocycles. The van der Waals surface area contributed by atoms with E-state index in [4.69, 9.17) is 10.5 Å². The average Bonchev–Trinajstić information content (AvgIpc) is 2.44. The molecule has 0 radical (unpaired) electrons. The predicted molar refractivity (Wildman–Crippen MR) is 92.9 cm³/mol. The van der Waals surface area contributed by atoms with Crippen molar-refractivity contribution in [1.82, 2.24) is 0 Å². The summed E-state index contributed by atoms with van der Waals surface area (Å²) >= 11 is 0. The fourth-order valence-electron chi connectivity index (χ4n) is 3.65. The minimum atomic E-state index is -0.468. The van der Waals surface area contributed by atoms with Crippen molar-refractivity contribution in [1.29, 1.82) is 0 Å². The van der Waals surface area contributed by atoms with Gasteiger partial charge in [0.1, 0.15) is 5.60 Å². The molecule has 1 aliphatic carbocycles. The third kappa shape index (κ3) is 3.09. The molecular formula is C19H28N2O2. The molecule has 0 saturated heterocycles. The number of fused-ring (bicyclic) bond motifs is 1. The van der Waals surface area contributed by atoms with Crippen molar-refractivity contribution in [3.63, 3.8) is 0 Å². The maximum atomic E-state index is 12.5. The molecule has 2 aliphatic rings. The standard InChI is InChI=1S/C19H28N2O2/c1-18(2,3)23-17(22)21-11-4-6-14-12-15(7-8-16(14)21)19(13-20)9-5-10-19/h7-8,12H,4-6,9-11,13,20H2,1-3H3. The second kappa shape index (κ2) is 5.82. The number of nitrogens with zero attached hydrogens (tertiary/aromatic N) is 1. The highest BCUT2D eigenvalue weighted by Crippen LogP contribution is 2.44. The quantitative estimate of drug-likeness (QED) is 0.904. The molecule has 0 spiro atoms. The molecule has 3 rings (SSSR count). The Balaban J connectivity index is 1.87. The van der Waals surface area contributed by atoms with E-state index in [1.54, 1.807) is 4.90 Å². The summed E-state index contributed by atoms with van der Waals surface area (Å²) in [7, 11) is 0. The Hall–Kier alpha value is -1.55. The molecule has 1 aromatic rings. The normalized spacial score (nSPS) is 19.7. The second-order valence-corrected chi connectivity index (χ2v) is 7.92. The first-order valence-corrected chi connectivity index (χ1v) is 8.69. The van der Waals surface area contributed by atoms with E-state index in [-0.39, 0.29) is 11.5 Å². The lowest BCUT2D eigenvalue weighted by molar-refractivity contribution is 0.0578. The molecule has 4 heteroatoms. The van der Waals surface area contributed by atoms with E-state index in [0.29, 0.717) is 6.54 Å². The van der Waals surface area contributed by atoms with Crippen LogP contribution in [-0.2, 0) is 16.6 Å². The van der Waals surface area contributed by atoms with Gasteiger partial charge in [0.25, 0.3) is 0 Å². The number of rotatable bonds is 2. The summed E-state index contributed by atoms with van der Waals surface area (Å²) in [6.45, 7) is 7.15. The Morgan fingerprint density at radius 1 is 1.30 bits per heavy atom. The maximum Gasteiger partial charge on any atom is 0.414 e. The van der Waals surface area contributed by atoms with Gasteiger partial charge in [-0.15, -0.1) is 0 Å². The molecule has 0 unspecified atom stereocenters. The lowest BCUT2D eigenvalue weighted by Crippen LogP contribution is -2.42. The first-order chi connectivity index (χ1) is 10.8. The molecule has 0 atom stereocenters. The molecule has 1 saturated carbocycles. The minimum absolute atomic E-state index is 0.170. The zero-order chi connectivity index (χ0) is 16.7. The topological polar surface area (TPSA) is 55.6 Å². The molecule has 1 aromatic carbocycles. The van der Waals surface area contributed by atoms with E-state index in [1.807, 2.05) is 20.8 Å². The van der Waals surface area contributed by atoms with Crippen molar-refractivity contribution in [2.24, 2.45) is 5.73 Å². The zero-order valence-electron chi connectivity index (χ0n) is 14.5. The van der Waals surface area contributed by atoms with Crippen molar-refractivity contribution in [3.8, 4) is 0 Å². The van der Waals surface area contributed by atoms with Crippen LogP contribution >= 0.6 is 0 Å². The molecule has 1 fully saturated rings. The summed E-state index contributed by atoms with van der Waals surface area (Å²) in [6.07, 6.45) is 5.37. The number of amides is 1. The highest BCUT2D eigenvalue weighted by molar-refractivity contribution is 5.89. The molecule has 0 bridgehead atoms. The largest absolute Gasteiger partial charge is 0.443 e. The Bertz CT molecular complexity index is 594. The summed E-state index contributed by atoms with van der Waals surface area (Å²) < 4.78 is 5.55. The Labute approximate surface area is 139 Å². The van der Waals surface area contributed by atoms with Gasteiger partial charge >= 0.3 is 6.09 Å². The monoisotopic (exact) mass is 316 g/mol. The molecule has 2 N–H and O–H groups in total. The van der Waals surface area contributed by atoms with E-state index >= 15 is 0 Å². The fourth-order valence-corrected chi connectivity index (χ4v) is 3.65. The van der Waals surface area contributed by atoms with Gasteiger partial charge in [-0.1, -0.05) is 18.6 Å². The van der Waals surface area contributed by atoms with Gasteiger partial charge in [-0.2, -0.15) is 0 Å². The van der Waals surface area contributed by atoms with Crippen molar-refractivity contribution < 1.29 is 9.53 Å². The average molecular weight is 316 g/mol. The van der Waals surface area contributed by atoms with Gasteiger partial charge < -0.3 is 10.5 Å². The fraction of sp³-hybridized carbons (Fsp3) is 0.632. The number of hydrogen-bond acceptors (Lipinski definition) is 3. The molecule has 1 amide bonds. The number of ether oxygens (including phenoxy) is 1. The van der Waals surface area contributed by atoms with Crippen LogP contribution in [0.5, 0.6) is 0 Å². The van der Waals surface area contributed by atoms with Crippen LogP contribution in [0.1, 0.15) is 57.6 Å². The number of nitrogens with two attached hydrogens (primary N) is 1. The Morgan fingerprint density at radius 2 is 2.04 bits per heavy atom. The van der Waals surface area contributed by atoms with E-state index in [9.17, 15) is 4.79 Å². The van der Waals surface area contributed by atoms with Crippen LogP contribution in [0.2, 0.25) is 0 Å². The van der Waals surface area contributed by atoms with Gasteiger partial charge in [0.15, 0.2) is 0 Å². The second-order valence-electron chi connectivity index (χ2n) is 7.92. The highest BCUT2D eigenvalue weighted by Gasteiger charge is 2.38. The molecule has 23 heavy (non-hydrogen) atoms. The summed E-state index contributed by atoms with van der Waals surface area (Å²) in [4.78, 5) is 14.2. The molecule has 4 nitrogen and oxygen atoms in total. The van der Waals surface area contributed by atoms with Gasteiger partial charge in [0, 0.05) is 18.5 Å². The molecular weight excluding hydrogens is 288 g/mol. The van der Waals surface area contributed by atoms with Gasteiger partial charge in [-0.05, 0) is 63.6 Å². The zero-order valence-corrected chi connectivity index (χ0v) is 14.5. The summed E-state index contributed by atoms with van der Waals surface area (Å²) in [5.74, 6) is 0. The van der Waals surface area contributed by atoms with Crippen LogP contribution < -0.4 is 10.6 Å². The number of hydrogen-bond donors (Lipinski definition) is 1. The number of carbonyl (C=O) groups excluding carboxylic acids is 1. The van der Waals surface area contributed by atoms with Crippen LogP contribution in [0.4, 0.5) is 10.5 Å². The molecule has 1 aliphatic heterocycles. The van der Waals surface area contributed by atoms with Crippen molar-refractivity contribution >= 4 is 11.8 Å². The molecule has 0 aromatic heterocycles. The van der Waals surface area contributed by atoms with Crippen LogP contribution in [0.15, 0.2) is 18.2 Å². The maximum absolute atomic E-state index is 12.5. The lowest BCUT2D eigenvalue weighted by atomic mass is 9.64. The number of benzene rings is 1. The van der Waals surface area contributed by atoms with Crippen LogP contribution in [0.3, 0.4) is 0 Å². The van der Waals surface area contributed by atoms with Gasteiger partial charge in [-0.25, -0.2) is 4.79 Å². The predicted octanol–water partition coefficient (Wildman–Crippen LogP) is 3.75. The van der Waals surface area contributed by atoms with E-state index in [0.717, 1.165) is 25.1 Å². The number of anilines is 1. The lowest BCUT2D eigenvalue weighted by Gasteiger charge is -2.42. The van der Waals surface area contributed by atoms with Gasteiger partial charge in [-0.3, -0.25) is 4.90 Å². The van der Waals surface area contributed by atoms with E-state index in [2.05, 4.69) is 18.2 Å². The minimum Gasteiger partial charge on any atom is -0.443 e. The summed E-state index contributed by atoms with van der Waals surface area (Å²) in [5, 5.41) is 0. The third-order valence-electron chi connectivity index (χ3n) is 5.13. The molecule has 126 valence electrons. The van der Waals surface area contributed by atoms with Gasteiger partial charge in [0.05, 0.1) is 5.69 Å². The first-order valence-electron chi connectivity index (χ1n) is 8.69. The smallest absolute Gasteiger partial charge is 0.414 e. The summed E-state index contributed by atoms with van der Waals surface area (Å²) in [5.41, 5.74) is 9.33. The number of carbonyl (C=O) groups is 1. The van der Waals surface area contributed by atoms with E-state index in [1.165, 1.54) is 30.4 Å². The van der Waals surface area contributed by atoms with Crippen LogP contribution in [-0.4, -0.2) is 24.8 Å². The van der Waals surface area contributed by atoms with Crippen molar-refractivity contribution in [2.45, 2.75) is 63.9 Å². The van der Waals surface area contributed by atoms with Gasteiger partial charge in [0.2, 0.25) is 0 Å². The van der Waals surface area contributed by atoms with Crippen LogP contribution in [0.25, 0.3) is 0 Å². The summed E-state index contributed by atoms with van der Waals surface area (Å²) in [6, 6.07) is 6.52. The van der Waals surface area contributed by atoms with E-state index < -0.39 is 5.60 Å². The first kappa shape index (κ1) is 16.3. The SMILES string of the molecule is CC(C)(C)OC(=O)N1CCCc2cc(C3(CN)CCC3)ccc21. The van der Waals surface area contributed by atoms with Crippen molar-refractivity contribution in [2.75, 3.05) is 18.0 Å². The third-order valence-corrected chi connectivity index (χ3v) is 5.13. The number of aryl methyl sites for hydroxylation is 1. The van der Waals surface area contributed by atoms with Crippen LogP contribution in [0, 0.1) is 0 Å².